The zero-order valence-electron chi connectivity index (χ0n) is 60.9. The minimum absolute atomic E-state index is 0.000340. The number of methoxy groups -OCH3 is 4. The van der Waals surface area contributed by atoms with Crippen LogP contribution in [0.4, 0.5) is 0 Å². The summed E-state index contributed by atoms with van der Waals surface area (Å²) in [5, 5.41) is 173. The predicted octanol–water partition coefficient (Wildman–Crippen LogP) is -7.23. The summed E-state index contributed by atoms with van der Waals surface area (Å²) < 4.78 is 16.9. The van der Waals surface area contributed by atoms with Gasteiger partial charge in [0.25, 0.3) is 0 Å². The van der Waals surface area contributed by atoms with Gasteiger partial charge in [0.2, 0.25) is 0 Å². The number of aliphatic hydroxyl groups excluding tert-OH is 16. The minimum atomic E-state index is -2.04. The molecule has 26 N–H and O–H groups in total. The number of unbranched alkanes of at least 4 members (excludes halogenated alkanes) is 8. The third-order valence-corrected chi connectivity index (χ3v) is 15.6. The van der Waals surface area contributed by atoms with E-state index in [0.717, 1.165) is 171 Å². The molecule has 36 heteroatoms. The fourth-order valence-electron chi connectivity index (χ4n) is 9.04. The topological polar surface area (TPSA) is 621 Å². The van der Waals surface area contributed by atoms with Crippen LogP contribution in [0.5, 0.6) is 0 Å². The van der Waals surface area contributed by atoms with E-state index in [1.165, 1.54) is 6.42 Å². The number of nitrogens with two attached hydrogens (primary N) is 2. The van der Waals surface area contributed by atoms with E-state index in [2.05, 4.69) is 57.8 Å². The Kier molecular flexibility index (Phi) is 69.7. The Morgan fingerprint density at radius 1 is 0.245 bits per heavy atom. The number of Topliss-reactive ketones (excluding diaryl/α,β-unsaturated/α-hetero) is 4. The molecule has 0 rings (SSSR count). The maximum Gasteiger partial charge on any atom is 0.337 e. The molecule has 102 heavy (non-hydrogen) atoms. The number of hydrogen-bond donors (Lipinski definition) is 24. The maximum atomic E-state index is 11.9. The second kappa shape index (κ2) is 68.4. The summed E-state index contributed by atoms with van der Waals surface area (Å²) in [6, 6.07) is 0. The highest BCUT2D eigenvalue weighted by molar-refractivity contribution is 5.85. The van der Waals surface area contributed by atoms with Gasteiger partial charge in [-0.3, -0.25) is 19.2 Å². The Labute approximate surface area is 600 Å². The van der Waals surface area contributed by atoms with Gasteiger partial charge in [0.05, 0.1) is 28.4 Å². The molecule has 0 aliphatic carbocycles. The zero-order chi connectivity index (χ0) is 78.4. The van der Waals surface area contributed by atoms with E-state index in [0.29, 0.717) is 58.4 Å². The molecular weight excluding hydrogens is 1350 g/mol. The Hall–Kier alpha value is -4.40. The van der Waals surface area contributed by atoms with Gasteiger partial charge in [0, 0.05) is 25.7 Å². The van der Waals surface area contributed by atoms with Gasteiger partial charge in [-0.15, -0.1) is 0 Å². The SMILES string of the molecule is CCCNCCCC(=O)[C@H](O)[C@@H](O)[C@H](O)[C@H](O)C(=O)OC.CCCNCCCCCNCCCC(=O)[C@H](O)[C@@H](O)[C@H](O)[C@H](O)C(=O)OC.COC(=O)[C@@H](O)[C@@H](O)[C@H](O)[C@@H](O)C(=O)CCCNCCCCCN.COC(=O)[C@@H](O)[C@@H](O)[C@H](O)[C@@H](O)C(=O)CCCNCCCCCNCCCCCN. The highest BCUT2D eigenvalue weighted by Crippen LogP contribution is 2.14. The summed E-state index contributed by atoms with van der Waals surface area (Å²) in [6.07, 6.45) is -14.7. The molecule has 0 saturated carbocycles. The third-order valence-electron chi connectivity index (χ3n) is 15.6. The lowest BCUT2D eigenvalue weighted by molar-refractivity contribution is -0.168. The molecule has 36 nitrogen and oxygen atoms in total. The van der Waals surface area contributed by atoms with E-state index in [1.54, 1.807) is 0 Å². The monoisotopic (exact) mass is 1480 g/mol. The van der Waals surface area contributed by atoms with Crippen molar-refractivity contribution in [2.45, 2.75) is 253 Å². The highest BCUT2D eigenvalue weighted by atomic mass is 16.6. The molecule has 0 amide bonds. The third kappa shape index (κ3) is 50.9. The molecule has 16 atom stereocenters. The van der Waals surface area contributed by atoms with Gasteiger partial charge < -0.3 is 144 Å². The number of ether oxygens (including phenoxy) is 4. The van der Waals surface area contributed by atoms with Crippen molar-refractivity contribution in [3.63, 3.8) is 0 Å². The number of rotatable bonds is 62. The average molecular weight is 1490 g/mol. The van der Waals surface area contributed by atoms with Crippen molar-refractivity contribution in [2.75, 3.05) is 120 Å². The Balaban J connectivity index is -0.000000633. The molecule has 0 fully saturated rings. The number of carbonyl (C=O) groups excluding carboxylic acids is 8. The van der Waals surface area contributed by atoms with E-state index in [1.807, 2.05) is 6.92 Å². The van der Waals surface area contributed by atoms with E-state index in [-0.39, 0.29) is 25.7 Å². The van der Waals surface area contributed by atoms with Crippen LogP contribution in [0.15, 0.2) is 0 Å². The standard InChI is InChI=1S/C20H41N3O7.C18H36N2O7.C15H30N2O7.C13H25NO7/c1-30-20(29)19(28)18(27)17(26)16(25)15(24)9-8-14-23-13-7-3-6-12-22-11-5-2-4-10-21;1-3-9-19-10-5-4-6-11-20-12-7-8-13(21)14(22)15(23)16(24)17(25)18(26)27-2;1-24-15(23)14(22)13(21)12(20)11(19)10(18)6-5-9-17-8-4-2-3-7-16;1-3-6-14-7-4-5-8(15)9(16)10(17)11(18)12(19)13(20)21-2/h16-19,22-23,25-28H,2-14,21H2,1H3;14-17,19-20,22-25H,3-12H2,1-2H3;11-14,17,19-22H,2-9,16H2,1H3;9-12,14,16-19H,3-7H2,1-2H3/t16-,17+,18-,19-;14-,15+,16-,17-;11-,12+,13-,14-;9-,10+,11-,12-/m0000/s1. The molecule has 0 unspecified atom stereocenters. The van der Waals surface area contributed by atoms with Gasteiger partial charge in [0.15, 0.2) is 47.5 Å². The van der Waals surface area contributed by atoms with Gasteiger partial charge in [-0.25, -0.2) is 19.2 Å². The number of aliphatic hydroxyl groups is 16. The van der Waals surface area contributed by atoms with E-state index >= 15 is 0 Å². The molecule has 0 aliphatic heterocycles. The van der Waals surface area contributed by atoms with E-state index in [4.69, 9.17) is 11.5 Å². The van der Waals surface area contributed by atoms with E-state index < -0.39 is 145 Å². The smallest absolute Gasteiger partial charge is 0.337 e. The first kappa shape index (κ1) is 104. The van der Waals surface area contributed by atoms with Gasteiger partial charge in [-0.1, -0.05) is 39.5 Å². The molecule has 0 saturated heterocycles. The molecule has 0 heterocycles. The lowest BCUT2D eigenvalue weighted by Crippen LogP contribution is -2.50. The van der Waals surface area contributed by atoms with Crippen molar-refractivity contribution in [1.29, 1.82) is 0 Å². The molecule has 0 aliphatic rings. The van der Waals surface area contributed by atoms with Crippen LogP contribution in [0.25, 0.3) is 0 Å². The Bertz CT molecular complexity index is 2120. The first-order valence-corrected chi connectivity index (χ1v) is 35.4. The summed E-state index contributed by atoms with van der Waals surface area (Å²) in [7, 11) is 4.00. The number of hydrogen-bond acceptors (Lipinski definition) is 36. The Morgan fingerprint density at radius 3 is 0.569 bits per heavy atom. The van der Waals surface area contributed by atoms with Crippen LogP contribution >= 0.6 is 0 Å². The maximum absolute atomic E-state index is 11.9. The number of esters is 4. The summed E-state index contributed by atoms with van der Waals surface area (Å²) in [4.78, 5) is 91.5. The van der Waals surface area contributed by atoms with Gasteiger partial charge in [-0.05, 0) is 182 Å². The lowest BCUT2D eigenvalue weighted by Gasteiger charge is -2.24. The first-order valence-electron chi connectivity index (χ1n) is 35.4. The summed E-state index contributed by atoms with van der Waals surface area (Å²) in [6.45, 7) is 15.3. The number of ketones is 4. The lowest BCUT2D eigenvalue weighted by atomic mass is 9.98. The first-order chi connectivity index (χ1) is 48.4. The fraction of sp³-hybridized carbons (Fsp3) is 0.879. The van der Waals surface area contributed by atoms with Crippen molar-refractivity contribution in [2.24, 2.45) is 11.5 Å². The van der Waals surface area contributed by atoms with Crippen molar-refractivity contribution < 1.29 is 139 Å². The van der Waals surface area contributed by atoms with Crippen LogP contribution in [0.2, 0.25) is 0 Å². The quantitative estimate of drug-likeness (QED) is 0.0153. The second-order valence-electron chi connectivity index (χ2n) is 24.2. The summed E-state index contributed by atoms with van der Waals surface area (Å²) in [5.41, 5.74) is 10.8. The van der Waals surface area contributed by atoms with Crippen molar-refractivity contribution in [3.8, 4) is 0 Å². The molecule has 0 spiro atoms. The van der Waals surface area contributed by atoms with Crippen molar-refractivity contribution in [3.05, 3.63) is 0 Å². The van der Waals surface area contributed by atoms with Crippen LogP contribution in [-0.2, 0) is 57.3 Å². The molecular formula is C66H132N8O28. The van der Waals surface area contributed by atoms with Crippen LogP contribution < -0.4 is 43.4 Å². The van der Waals surface area contributed by atoms with Crippen LogP contribution in [-0.4, -0.2) is 346 Å². The Morgan fingerprint density at radius 2 is 0.402 bits per heavy atom. The van der Waals surface area contributed by atoms with Crippen molar-refractivity contribution >= 4 is 47.0 Å². The predicted molar refractivity (Wildman–Crippen MR) is 372 cm³/mol. The van der Waals surface area contributed by atoms with Crippen LogP contribution in [0, 0.1) is 0 Å². The number of nitrogens with one attached hydrogen (secondary N) is 6. The van der Waals surface area contributed by atoms with Crippen LogP contribution in [0.1, 0.15) is 155 Å². The number of carbonyl (C=O) groups is 8. The summed E-state index contributed by atoms with van der Waals surface area (Å²) in [5.74, 6) is -7.33. The van der Waals surface area contributed by atoms with Gasteiger partial charge in [0.1, 0.15) is 73.2 Å². The van der Waals surface area contributed by atoms with Gasteiger partial charge in [-0.2, -0.15) is 0 Å². The minimum Gasteiger partial charge on any atom is -0.467 e. The molecule has 0 aromatic heterocycles. The van der Waals surface area contributed by atoms with Gasteiger partial charge >= 0.3 is 23.9 Å². The molecule has 0 bridgehead atoms. The summed E-state index contributed by atoms with van der Waals surface area (Å²) >= 11 is 0. The largest absolute Gasteiger partial charge is 0.467 e. The van der Waals surface area contributed by atoms with E-state index in [9.17, 15) is 120 Å². The molecule has 604 valence electrons. The van der Waals surface area contributed by atoms with Crippen molar-refractivity contribution in [1.82, 2.24) is 31.9 Å². The molecule has 0 aromatic rings. The second-order valence-corrected chi connectivity index (χ2v) is 24.2. The fourth-order valence-corrected chi connectivity index (χ4v) is 9.04. The zero-order valence-corrected chi connectivity index (χ0v) is 60.9. The molecule has 0 aromatic carbocycles. The molecule has 0 radical (unpaired) electrons. The average Bonchev–Trinajstić information content (AvgIpc) is 0.892. The highest BCUT2D eigenvalue weighted by Gasteiger charge is 2.41. The van der Waals surface area contributed by atoms with Crippen LogP contribution in [0.3, 0.4) is 0 Å². The normalized spacial score (nSPS) is 16.0.